The molecule has 0 bridgehead atoms. The zero-order valence-electron chi connectivity index (χ0n) is 15.3. The van der Waals surface area contributed by atoms with Gasteiger partial charge in [0.25, 0.3) is 0 Å². The summed E-state index contributed by atoms with van der Waals surface area (Å²) in [6, 6.07) is 15.8. The Morgan fingerprint density at radius 3 is 2.24 bits per heavy atom. The van der Waals surface area contributed by atoms with Crippen LogP contribution in [0.4, 0.5) is 5.69 Å². The largest absolute Gasteiger partial charge is 0.325 e. The molecule has 0 heterocycles. The summed E-state index contributed by atoms with van der Waals surface area (Å²) in [7, 11) is 0. The molecule has 0 aliphatic carbocycles. The van der Waals surface area contributed by atoms with E-state index in [2.05, 4.69) is 44.4 Å². The lowest BCUT2D eigenvalue weighted by Gasteiger charge is -2.23. The summed E-state index contributed by atoms with van der Waals surface area (Å²) in [6.45, 7) is 8.78. The van der Waals surface area contributed by atoms with Gasteiger partial charge in [0.2, 0.25) is 5.91 Å². The van der Waals surface area contributed by atoms with Crippen LogP contribution in [0.15, 0.2) is 48.5 Å². The van der Waals surface area contributed by atoms with Gasteiger partial charge in [-0.2, -0.15) is 0 Å². The highest BCUT2D eigenvalue weighted by molar-refractivity contribution is 6.30. The molecule has 0 aromatic heterocycles. The standard InChI is InChI=1S/C21H27ClN2O/c1-14(2)18-7-5-6-8-19(18)24-20(25)13-23-21(15(3)4)16-9-11-17(22)12-10-16/h5-12,14-15,21,23H,13H2,1-4H3,(H,24,25). The van der Waals surface area contributed by atoms with E-state index in [1.165, 1.54) is 0 Å². The maximum absolute atomic E-state index is 12.4. The molecule has 1 unspecified atom stereocenters. The lowest BCUT2D eigenvalue weighted by Crippen LogP contribution is -2.33. The molecular weight excluding hydrogens is 332 g/mol. The van der Waals surface area contributed by atoms with Gasteiger partial charge in [-0.05, 0) is 41.2 Å². The number of hydrogen-bond acceptors (Lipinski definition) is 2. The van der Waals surface area contributed by atoms with Gasteiger partial charge < -0.3 is 10.6 Å². The number of rotatable bonds is 7. The first-order valence-electron chi connectivity index (χ1n) is 8.76. The topological polar surface area (TPSA) is 41.1 Å². The van der Waals surface area contributed by atoms with E-state index in [4.69, 9.17) is 11.6 Å². The van der Waals surface area contributed by atoms with Crippen LogP contribution in [0.1, 0.15) is 50.8 Å². The molecule has 4 heteroatoms. The van der Waals surface area contributed by atoms with Gasteiger partial charge in [-0.1, -0.05) is 69.6 Å². The van der Waals surface area contributed by atoms with Crippen molar-refractivity contribution in [3.8, 4) is 0 Å². The van der Waals surface area contributed by atoms with Crippen molar-refractivity contribution in [2.24, 2.45) is 5.92 Å². The van der Waals surface area contributed by atoms with Crippen molar-refractivity contribution >= 4 is 23.2 Å². The smallest absolute Gasteiger partial charge is 0.238 e. The average Bonchev–Trinajstić information content (AvgIpc) is 2.56. The first-order valence-corrected chi connectivity index (χ1v) is 9.14. The van der Waals surface area contributed by atoms with Crippen molar-refractivity contribution in [3.63, 3.8) is 0 Å². The molecule has 0 saturated carbocycles. The van der Waals surface area contributed by atoms with E-state index in [9.17, 15) is 4.79 Å². The van der Waals surface area contributed by atoms with Crippen molar-refractivity contribution in [1.82, 2.24) is 5.32 Å². The van der Waals surface area contributed by atoms with Crippen LogP contribution in [-0.4, -0.2) is 12.5 Å². The number of carbonyl (C=O) groups is 1. The van der Waals surface area contributed by atoms with Gasteiger partial charge in [0, 0.05) is 16.8 Å². The van der Waals surface area contributed by atoms with Crippen LogP contribution >= 0.6 is 11.6 Å². The molecule has 0 saturated heterocycles. The summed E-state index contributed by atoms with van der Waals surface area (Å²) in [5, 5.41) is 7.11. The summed E-state index contributed by atoms with van der Waals surface area (Å²) >= 11 is 5.97. The Hall–Kier alpha value is -1.84. The Morgan fingerprint density at radius 1 is 1.00 bits per heavy atom. The van der Waals surface area contributed by atoms with E-state index < -0.39 is 0 Å². The molecule has 0 radical (unpaired) electrons. The Kier molecular flexibility index (Phi) is 7.03. The van der Waals surface area contributed by atoms with Crippen LogP contribution in [0, 0.1) is 5.92 Å². The number of halogens is 1. The van der Waals surface area contributed by atoms with Crippen LogP contribution in [0.25, 0.3) is 0 Å². The van der Waals surface area contributed by atoms with E-state index in [0.717, 1.165) is 16.8 Å². The number of para-hydroxylation sites is 1. The molecule has 134 valence electrons. The fourth-order valence-electron chi connectivity index (χ4n) is 2.92. The molecule has 0 fully saturated rings. The van der Waals surface area contributed by atoms with E-state index in [-0.39, 0.29) is 18.5 Å². The van der Waals surface area contributed by atoms with E-state index in [1.54, 1.807) is 0 Å². The number of hydrogen-bond donors (Lipinski definition) is 2. The van der Waals surface area contributed by atoms with Gasteiger partial charge in [-0.3, -0.25) is 4.79 Å². The molecule has 3 nitrogen and oxygen atoms in total. The average molecular weight is 359 g/mol. The van der Waals surface area contributed by atoms with E-state index in [1.807, 2.05) is 42.5 Å². The van der Waals surface area contributed by atoms with E-state index >= 15 is 0 Å². The quantitative estimate of drug-likeness (QED) is 0.696. The molecule has 0 aliphatic rings. The van der Waals surface area contributed by atoms with Gasteiger partial charge in [-0.25, -0.2) is 0 Å². The number of nitrogens with one attached hydrogen (secondary N) is 2. The molecule has 25 heavy (non-hydrogen) atoms. The van der Waals surface area contributed by atoms with Crippen LogP contribution in [-0.2, 0) is 4.79 Å². The van der Waals surface area contributed by atoms with E-state index in [0.29, 0.717) is 16.9 Å². The number of amides is 1. The fourth-order valence-corrected chi connectivity index (χ4v) is 3.05. The zero-order valence-corrected chi connectivity index (χ0v) is 16.1. The summed E-state index contributed by atoms with van der Waals surface area (Å²) in [5.41, 5.74) is 3.17. The Morgan fingerprint density at radius 2 is 1.64 bits per heavy atom. The lowest BCUT2D eigenvalue weighted by molar-refractivity contribution is -0.115. The highest BCUT2D eigenvalue weighted by Crippen LogP contribution is 2.25. The van der Waals surface area contributed by atoms with Crippen molar-refractivity contribution < 1.29 is 4.79 Å². The first kappa shape index (κ1) is 19.5. The molecule has 2 N–H and O–H groups in total. The molecule has 1 amide bonds. The van der Waals surface area contributed by atoms with Crippen LogP contribution in [0.3, 0.4) is 0 Å². The highest BCUT2D eigenvalue weighted by atomic mass is 35.5. The first-order chi connectivity index (χ1) is 11.9. The third kappa shape index (κ3) is 5.58. The summed E-state index contributed by atoms with van der Waals surface area (Å²) in [4.78, 5) is 12.4. The summed E-state index contributed by atoms with van der Waals surface area (Å²) in [6.07, 6.45) is 0. The summed E-state index contributed by atoms with van der Waals surface area (Å²) in [5.74, 6) is 0.687. The highest BCUT2D eigenvalue weighted by Gasteiger charge is 2.17. The van der Waals surface area contributed by atoms with Crippen molar-refractivity contribution in [1.29, 1.82) is 0 Å². The molecule has 0 spiro atoms. The lowest BCUT2D eigenvalue weighted by atomic mass is 9.96. The minimum atomic E-state index is -0.0345. The van der Waals surface area contributed by atoms with Gasteiger partial charge in [0.05, 0.1) is 6.54 Å². The van der Waals surface area contributed by atoms with Gasteiger partial charge in [-0.15, -0.1) is 0 Å². The molecule has 2 aromatic rings. The molecule has 1 atom stereocenters. The van der Waals surface area contributed by atoms with Gasteiger partial charge in [0.15, 0.2) is 0 Å². The SMILES string of the molecule is CC(C)c1ccccc1NC(=O)CNC(c1ccc(Cl)cc1)C(C)C. The Bertz CT molecular complexity index is 695. The molecule has 0 aliphatic heterocycles. The zero-order chi connectivity index (χ0) is 18.4. The Balaban J connectivity index is 2.01. The normalized spacial score (nSPS) is 12.4. The number of anilines is 1. The number of benzene rings is 2. The fraction of sp³-hybridized carbons (Fsp3) is 0.381. The molecule has 2 rings (SSSR count). The predicted octanol–water partition coefficient (Wildman–Crippen LogP) is 5.39. The maximum Gasteiger partial charge on any atom is 0.238 e. The second kappa shape index (κ2) is 9.02. The maximum atomic E-state index is 12.4. The van der Waals surface area contributed by atoms with Crippen molar-refractivity contribution in [2.75, 3.05) is 11.9 Å². The number of carbonyl (C=O) groups excluding carboxylic acids is 1. The van der Waals surface area contributed by atoms with Crippen molar-refractivity contribution in [3.05, 3.63) is 64.7 Å². The monoisotopic (exact) mass is 358 g/mol. The van der Waals surface area contributed by atoms with Crippen LogP contribution in [0.5, 0.6) is 0 Å². The van der Waals surface area contributed by atoms with Crippen LogP contribution in [0.2, 0.25) is 5.02 Å². The predicted molar refractivity (Wildman–Crippen MR) is 106 cm³/mol. The second-order valence-electron chi connectivity index (χ2n) is 6.94. The third-order valence-corrected chi connectivity index (χ3v) is 4.49. The van der Waals surface area contributed by atoms with Crippen molar-refractivity contribution in [2.45, 2.75) is 39.7 Å². The van der Waals surface area contributed by atoms with Gasteiger partial charge in [0.1, 0.15) is 0 Å². The third-order valence-electron chi connectivity index (χ3n) is 4.24. The minimum Gasteiger partial charge on any atom is -0.325 e. The molecule has 2 aromatic carbocycles. The second-order valence-corrected chi connectivity index (χ2v) is 7.38. The Labute approximate surface area is 155 Å². The van der Waals surface area contributed by atoms with Crippen LogP contribution < -0.4 is 10.6 Å². The van der Waals surface area contributed by atoms with Gasteiger partial charge >= 0.3 is 0 Å². The summed E-state index contributed by atoms with van der Waals surface area (Å²) < 4.78 is 0. The molecular formula is C21H27ClN2O. The minimum absolute atomic E-state index is 0.0345.